The summed E-state index contributed by atoms with van der Waals surface area (Å²) in [5.41, 5.74) is 4.64. The molecule has 4 aromatic rings. The molecule has 6 heteroatoms. The lowest BCUT2D eigenvalue weighted by Gasteiger charge is -2.26. The molecule has 1 aliphatic rings. The van der Waals surface area contributed by atoms with E-state index in [0.29, 0.717) is 23.5 Å². The molecular weight excluding hydrogens is 396 g/mol. The van der Waals surface area contributed by atoms with Gasteiger partial charge in [0.15, 0.2) is 10.9 Å². The Morgan fingerprint density at radius 1 is 1.13 bits per heavy atom. The topological polar surface area (TPSA) is 64.2 Å². The van der Waals surface area contributed by atoms with Crippen LogP contribution in [0, 0.1) is 0 Å². The molecule has 30 heavy (non-hydrogen) atoms. The number of carbonyl (C=O) groups excluding carboxylic acids is 1. The zero-order valence-electron chi connectivity index (χ0n) is 16.4. The zero-order chi connectivity index (χ0) is 20.5. The summed E-state index contributed by atoms with van der Waals surface area (Å²) in [6.07, 6.45) is 0.0349. The van der Waals surface area contributed by atoms with Gasteiger partial charge in [-0.05, 0) is 42.0 Å². The number of para-hydroxylation sites is 3. The van der Waals surface area contributed by atoms with Crippen molar-refractivity contribution in [1.29, 1.82) is 0 Å². The molecule has 0 unspecified atom stereocenters. The Kier molecular flexibility index (Phi) is 4.93. The number of thioether (sulfide) groups is 1. The number of benzene rings is 3. The van der Waals surface area contributed by atoms with Crippen molar-refractivity contribution in [2.24, 2.45) is 0 Å². The van der Waals surface area contributed by atoms with Gasteiger partial charge in [0.2, 0.25) is 0 Å². The number of ketones is 1. The molecular formula is C24H20N2O3S. The van der Waals surface area contributed by atoms with Gasteiger partial charge in [-0.2, -0.15) is 0 Å². The molecule has 1 aliphatic heterocycles. The van der Waals surface area contributed by atoms with Crippen molar-refractivity contribution < 1.29 is 14.3 Å². The van der Waals surface area contributed by atoms with E-state index >= 15 is 0 Å². The van der Waals surface area contributed by atoms with Gasteiger partial charge < -0.3 is 14.5 Å². The number of aromatic amines is 1. The van der Waals surface area contributed by atoms with Crippen LogP contribution in [-0.2, 0) is 5.75 Å². The number of fused-ring (bicyclic) bond motifs is 2. The molecule has 1 aromatic heterocycles. The van der Waals surface area contributed by atoms with Crippen LogP contribution in [0.2, 0.25) is 0 Å². The monoisotopic (exact) mass is 416 g/mol. The lowest BCUT2D eigenvalue weighted by Crippen LogP contribution is -2.20. The lowest BCUT2D eigenvalue weighted by atomic mass is 9.95. The maximum Gasteiger partial charge on any atom is 0.170 e. The Bertz CT molecular complexity index is 1200. The fraction of sp³-hybridized carbons (Fsp3) is 0.167. The van der Waals surface area contributed by atoms with E-state index in [1.54, 1.807) is 18.9 Å². The average Bonchev–Trinajstić information content (AvgIpc) is 3.20. The molecule has 0 radical (unpaired) electrons. The Morgan fingerprint density at radius 3 is 2.83 bits per heavy atom. The number of Topliss-reactive ketones (excluding diaryl/α,β-unsaturated/α-hetero) is 1. The highest BCUT2D eigenvalue weighted by Crippen LogP contribution is 2.37. The van der Waals surface area contributed by atoms with E-state index in [9.17, 15) is 4.79 Å². The molecule has 0 spiro atoms. The fourth-order valence-corrected chi connectivity index (χ4v) is 4.58. The minimum Gasteiger partial charge on any atom is -0.496 e. The van der Waals surface area contributed by atoms with Gasteiger partial charge in [-0.15, -0.1) is 0 Å². The molecule has 0 aliphatic carbocycles. The lowest BCUT2D eigenvalue weighted by molar-refractivity contribution is 0.0850. The largest absolute Gasteiger partial charge is 0.496 e. The van der Waals surface area contributed by atoms with Gasteiger partial charge >= 0.3 is 0 Å². The fourth-order valence-electron chi connectivity index (χ4n) is 3.71. The maximum absolute atomic E-state index is 12.6. The van der Waals surface area contributed by atoms with Crippen molar-refractivity contribution in [1.82, 2.24) is 9.97 Å². The summed E-state index contributed by atoms with van der Waals surface area (Å²) >= 11 is 1.62. The van der Waals surface area contributed by atoms with E-state index < -0.39 is 0 Å². The Balaban J connectivity index is 1.39. The van der Waals surface area contributed by atoms with Crippen LogP contribution in [0.25, 0.3) is 11.0 Å². The third-order valence-corrected chi connectivity index (χ3v) is 6.16. The van der Waals surface area contributed by atoms with Gasteiger partial charge in [0.05, 0.1) is 30.1 Å². The van der Waals surface area contributed by atoms with Crippen molar-refractivity contribution in [3.63, 3.8) is 0 Å². The number of methoxy groups -OCH3 is 1. The van der Waals surface area contributed by atoms with Crippen LogP contribution in [0.15, 0.2) is 71.9 Å². The highest BCUT2D eigenvalue weighted by atomic mass is 32.2. The number of nitrogens with zero attached hydrogens (tertiary/aromatic N) is 1. The molecule has 0 bridgehead atoms. The number of imidazole rings is 1. The first-order valence-corrected chi connectivity index (χ1v) is 10.7. The number of aromatic nitrogens is 2. The van der Waals surface area contributed by atoms with Crippen molar-refractivity contribution in [3.05, 3.63) is 83.4 Å². The molecule has 5 rings (SSSR count). The molecule has 2 heterocycles. The van der Waals surface area contributed by atoms with Crippen LogP contribution in [0.1, 0.15) is 34.0 Å². The average molecular weight is 417 g/mol. The Morgan fingerprint density at radius 2 is 1.97 bits per heavy atom. The van der Waals surface area contributed by atoms with E-state index in [1.807, 2.05) is 60.7 Å². The summed E-state index contributed by atoms with van der Waals surface area (Å²) in [6.45, 7) is 0. The molecule has 1 atom stereocenters. The van der Waals surface area contributed by atoms with Gasteiger partial charge in [-0.3, -0.25) is 4.79 Å². The van der Waals surface area contributed by atoms with E-state index in [2.05, 4.69) is 16.0 Å². The normalized spacial score (nSPS) is 15.6. The molecule has 0 fully saturated rings. The molecule has 0 saturated carbocycles. The molecule has 0 amide bonds. The number of ether oxygens (including phenoxy) is 2. The summed E-state index contributed by atoms with van der Waals surface area (Å²) in [4.78, 5) is 20.5. The quantitative estimate of drug-likeness (QED) is 0.431. The van der Waals surface area contributed by atoms with Crippen LogP contribution in [0.3, 0.4) is 0 Å². The van der Waals surface area contributed by atoms with Gasteiger partial charge in [0.25, 0.3) is 0 Å². The highest BCUT2D eigenvalue weighted by molar-refractivity contribution is 7.98. The molecule has 3 aromatic carbocycles. The van der Waals surface area contributed by atoms with Crippen molar-refractivity contribution >= 4 is 28.6 Å². The van der Waals surface area contributed by atoms with Crippen molar-refractivity contribution in [2.75, 3.05) is 7.11 Å². The van der Waals surface area contributed by atoms with Crippen molar-refractivity contribution in [3.8, 4) is 11.5 Å². The minimum absolute atomic E-state index is 0.107. The van der Waals surface area contributed by atoms with Crippen LogP contribution >= 0.6 is 11.8 Å². The summed E-state index contributed by atoms with van der Waals surface area (Å²) in [6, 6.07) is 21.4. The van der Waals surface area contributed by atoms with E-state index in [1.165, 1.54) is 0 Å². The number of rotatable bonds is 5. The predicted octanol–water partition coefficient (Wildman–Crippen LogP) is 5.57. The Hall–Kier alpha value is -3.25. The van der Waals surface area contributed by atoms with Crippen LogP contribution < -0.4 is 9.47 Å². The van der Waals surface area contributed by atoms with Crippen molar-refractivity contribution in [2.45, 2.75) is 23.4 Å². The predicted molar refractivity (Wildman–Crippen MR) is 117 cm³/mol. The molecule has 0 saturated heterocycles. The van der Waals surface area contributed by atoms with Crippen LogP contribution in [0.5, 0.6) is 11.5 Å². The van der Waals surface area contributed by atoms with Gasteiger partial charge in [-0.1, -0.05) is 42.1 Å². The maximum atomic E-state index is 12.6. The Labute approximate surface area is 178 Å². The number of H-pyrrole nitrogens is 1. The first-order chi connectivity index (χ1) is 14.7. The van der Waals surface area contributed by atoms with Crippen LogP contribution in [0.4, 0.5) is 0 Å². The number of nitrogens with one attached hydrogen (secondary N) is 1. The summed E-state index contributed by atoms with van der Waals surface area (Å²) in [5, 5.41) is 0.863. The van der Waals surface area contributed by atoms with Crippen LogP contribution in [-0.4, -0.2) is 22.9 Å². The molecule has 150 valence electrons. The standard InChI is InChI=1S/C24H20N2O3S/c1-28-21-11-10-15(23-13-20(27)17-6-2-5-9-22(17)29-23)12-16(21)14-30-24-25-18-7-3-4-8-19(18)26-24/h2-12,23H,13-14H2,1H3,(H,25,26)/t23-/m1/s1. The number of hydrogen-bond acceptors (Lipinski definition) is 5. The number of carbonyl (C=O) groups is 1. The van der Waals surface area contributed by atoms with Gasteiger partial charge in [-0.25, -0.2) is 4.98 Å². The second kappa shape index (κ2) is 7.88. The van der Waals surface area contributed by atoms with Gasteiger partial charge in [0, 0.05) is 11.3 Å². The first-order valence-electron chi connectivity index (χ1n) is 9.74. The smallest absolute Gasteiger partial charge is 0.170 e. The summed E-state index contributed by atoms with van der Waals surface area (Å²) < 4.78 is 11.7. The SMILES string of the molecule is COc1ccc([C@H]2CC(=O)c3ccccc3O2)cc1CSc1nc2ccccc2[nH]1. The van der Waals surface area contributed by atoms with E-state index in [0.717, 1.165) is 33.1 Å². The summed E-state index contributed by atoms with van der Waals surface area (Å²) in [7, 11) is 1.67. The van der Waals surface area contributed by atoms with Gasteiger partial charge in [0.1, 0.15) is 17.6 Å². The number of hydrogen-bond donors (Lipinski definition) is 1. The minimum atomic E-state index is -0.298. The summed E-state index contributed by atoms with van der Waals surface area (Å²) in [5.74, 6) is 2.25. The van der Waals surface area contributed by atoms with E-state index in [4.69, 9.17) is 9.47 Å². The first kappa shape index (κ1) is 18.8. The zero-order valence-corrected chi connectivity index (χ0v) is 17.2. The molecule has 5 nitrogen and oxygen atoms in total. The second-order valence-corrected chi connectivity index (χ2v) is 8.11. The van der Waals surface area contributed by atoms with E-state index in [-0.39, 0.29) is 11.9 Å². The highest BCUT2D eigenvalue weighted by Gasteiger charge is 2.27. The molecule has 1 N–H and O–H groups in total. The third kappa shape index (κ3) is 3.55. The third-order valence-electron chi connectivity index (χ3n) is 5.24. The second-order valence-electron chi connectivity index (χ2n) is 7.15.